The largest absolute Gasteiger partial charge is 0.369 e. The number of Topliss-reactive ketones (excluding diaryl/α,β-unsaturated/α-hetero) is 1. The quantitative estimate of drug-likeness (QED) is 0.849. The molecule has 0 unspecified atom stereocenters. The van der Waals surface area contributed by atoms with Crippen LogP contribution in [-0.2, 0) is 9.59 Å². The lowest BCUT2D eigenvalue weighted by atomic mass is 9.81. The standard InChI is InChI=1S/C16H16N4O2S/c1-9-14(10(2)21)15(11-3-5-19-6-4-11)12(7-17)16(20-9)23-8-13(18)22/h3-6,15,20H,8H2,1-2H3,(H2,18,22)/t15-/m0/s1. The maximum Gasteiger partial charge on any atom is 0.227 e. The second-order valence-electron chi connectivity index (χ2n) is 5.04. The van der Waals surface area contributed by atoms with Crippen molar-refractivity contribution in [3.8, 4) is 6.07 Å². The lowest BCUT2D eigenvalue weighted by Crippen LogP contribution is -2.27. The molecule has 1 aromatic rings. The number of pyridine rings is 1. The highest BCUT2D eigenvalue weighted by Crippen LogP contribution is 2.40. The van der Waals surface area contributed by atoms with Crippen LogP contribution in [0.3, 0.4) is 0 Å². The Morgan fingerprint density at radius 3 is 2.61 bits per heavy atom. The van der Waals surface area contributed by atoms with E-state index < -0.39 is 11.8 Å². The Kier molecular flexibility index (Phi) is 5.19. The van der Waals surface area contributed by atoms with Gasteiger partial charge in [-0.1, -0.05) is 11.8 Å². The van der Waals surface area contributed by atoms with E-state index in [4.69, 9.17) is 5.73 Å². The van der Waals surface area contributed by atoms with Crippen LogP contribution in [0.1, 0.15) is 25.3 Å². The summed E-state index contributed by atoms with van der Waals surface area (Å²) in [7, 11) is 0. The Bertz CT molecular complexity index is 747. The number of rotatable bonds is 5. The number of hydrogen-bond acceptors (Lipinski definition) is 6. The van der Waals surface area contributed by atoms with Gasteiger partial charge >= 0.3 is 0 Å². The zero-order chi connectivity index (χ0) is 17.0. The van der Waals surface area contributed by atoms with Gasteiger partial charge in [0.1, 0.15) is 0 Å². The van der Waals surface area contributed by atoms with E-state index in [0.29, 0.717) is 21.9 Å². The maximum atomic E-state index is 12.1. The van der Waals surface area contributed by atoms with Crippen LogP contribution in [0.25, 0.3) is 0 Å². The number of allylic oxidation sites excluding steroid dienone is 3. The minimum atomic E-state index is -0.475. The minimum absolute atomic E-state index is 0.0548. The van der Waals surface area contributed by atoms with Gasteiger partial charge in [0.2, 0.25) is 5.91 Å². The molecule has 0 saturated heterocycles. The summed E-state index contributed by atoms with van der Waals surface area (Å²) in [5.41, 5.74) is 7.60. The second kappa shape index (κ2) is 7.11. The highest BCUT2D eigenvalue weighted by Gasteiger charge is 2.33. The monoisotopic (exact) mass is 328 g/mol. The summed E-state index contributed by atoms with van der Waals surface area (Å²) in [6.45, 7) is 3.26. The molecule has 1 aliphatic rings. The van der Waals surface area contributed by atoms with Gasteiger partial charge in [0.05, 0.1) is 28.3 Å². The number of dihydropyridines is 1. The third kappa shape index (κ3) is 3.60. The Hall–Kier alpha value is -2.59. The Morgan fingerprint density at radius 1 is 1.43 bits per heavy atom. The van der Waals surface area contributed by atoms with Crippen LogP contribution in [0.5, 0.6) is 0 Å². The topological polar surface area (TPSA) is 109 Å². The first-order valence-corrected chi connectivity index (χ1v) is 7.88. The summed E-state index contributed by atoms with van der Waals surface area (Å²) >= 11 is 1.16. The fourth-order valence-electron chi connectivity index (χ4n) is 2.53. The van der Waals surface area contributed by atoms with E-state index in [1.807, 2.05) is 0 Å². The van der Waals surface area contributed by atoms with Crippen LogP contribution in [-0.4, -0.2) is 22.4 Å². The highest BCUT2D eigenvalue weighted by atomic mass is 32.2. The van der Waals surface area contributed by atoms with E-state index in [0.717, 1.165) is 17.3 Å². The molecule has 3 N–H and O–H groups in total. The first-order chi connectivity index (χ1) is 11.0. The molecule has 0 spiro atoms. The van der Waals surface area contributed by atoms with Crippen LogP contribution in [0, 0.1) is 11.3 Å². The number of thioether (sulfide) groups is 1. The number of ketones is 1. The van der Waals surface area contributed by atoms with E-state index in [-0.39, 0.29) is 11.5 Å². The van der Waals surface area contributed by atoms with Gasteiger partial charge in [0.15, 0.2) is 5.78 Å². The molecule has 1 amide bonds. The van der Waals surface area contributed by atoms with E-state index in [1.165, 1.54) is 6.92 Å². The van der Waals surface area contributed by atoms with Crippen LogP contribution in [0.15, 0.2) is 46.4 Å². The lowest BCUT2D eigenvalue weighted by molar-refractivity contribution is -0.115. The molecule has 23 heavy (non-hydrogen) atoms. The van der Waals surface area contributed by atoms with Crippen LogP contribution < -0.4 is 11.1 Å². The number of nitrogens with two attached hydrogens (primary N) is 1. The number of carbonyl (C=O) groups excluding carboxylic acids is 2. The number of aromatic nitrogens is 1. The summed E-state index contributed by atoms with van der Waals surface area (Å²) < 4.78 is 0. The summed E-state index contributed by atoms with van der Waals surface area (Å²) in [5, 5.41) is 13.2. The van der Waals surface area contributed by atoms with Crippen LogP contribution >= 0.6 is 11.8 Å². The van der Waals surface area contributed by atoms with Crippen LogP contribution in [0.2, 0.25) is 0 Å². The second-order valence-corrected chi connectivity index (χ2v) is 6.03. The molecule has 2 heterocycles. The Labute approximate surface area is 138 Å². The van der Waals surface area contributed by atoms with Crippen molar-refractivity contribution in [2.24, 2.45) is 5.73 Å². The number of nitrogens with one attached hydrogen (secondary N) is 1. The molecule has 0 radical (unpaired) electrons. The molecule has 6 nitrogen and oxygen atoms in total. The van der Waals surface area contributed by atoms with E-state index in [2.05, 4.69) is 16.4 Å². The predicted molar refractivity (Wildman–Crippen MR) is 87.8 cm³/mol. The highest BCUT2D eigenvalue weighted by molar-refractivity contribution is 8.03. The zero-order valence-electron chi connectivity index (χ0n) is 12.8. The lowest BCUT2D eigenvalue weighted by Gasteiger charge is -2.29. The number of amides is 1. The number of carbonyl (C=O) groups is 2. The maximum absolute atomic E-state index is 12.1. The van der Waals surface area contributed by atoms with Crippen molar-refractivity contribution in [1.29, 1.82) is 5.26 Å². The van der Waals surface area contributed by atoms with E-state index in [1.54, 1.807) is 31.5 Å². The fourth-order valence-corrected chi connectivity index (χ4v) is 3.36. The van der Waals surface area contributed by atoms with Gasteiger partial charge in [-0.25, -0.2) is 0 Å². The van der Waals surface area contributed by atoms with Crippen molar-refractivity contribution in [2.75, 3.05) is 5.75 Å². The van der Waals surface area contributed by atoms with Gasteiger partial charge in [0, 0.05) is 23.7 Å². The average Bonchev–Trinajstić information content (AvgIpc) is 2.52. The van der Waals surface area contributed by atoms with Gasteiger partial charge in [0.25, 0.3) is 0 Å². The Morgan fingerprint density at radius 2 is 2.09 bits per heavy atom. The molecule has 0 fully saturated rings. The summed E-state index contributed by atoms with van der Waals surface area (Å²) in [6.07, 6.45) is 3.24. The third-order valence-corrected chi connectivity index (χ3v) is 4.46. The number of nitrogens with zero attached hydrogens (tertiary/aromatic N) is 2. The van der Waals surface area contributed by atoms with E-state index in [9.17, 15) is 14.9 Å². The number of primary amides is 1. The van der Waals surface area contributed by atoms with Gasteiger partial charge < -0.3 is 11.1 Å². The first kappa shape index (κ1) is 16.8. The van der Waals surface area contributed by atoms with Gasteiger partial charge in [-0.05, 0) is 31.5 Å². The predicted octanol–water partition coefficient (Wildman–Crippen LogP) is 1.59. The van der Waals surface area contributed by atoms with Crippen LogP contribution in [0.4, 0.5) is 0 Å². The van der Waals surface area contributed by atoms with Gasteiger partial charge in [-0.15, -0.1) is 0 Å². The van der Waals surface area contributed by atoms with Crippen molar-refractivity contribution >= 4 is 23.5 Å². The van der Waals surface area contributed by atoms with Gasteiger partial charge in [-0.3, -0.25) is 14.6 Å². The molecule has 1 aromatic heterocycles. The molecular formula is C16H16N4O2S. The molecule has 0 aliphatic carbocycles. The van der Waals surface area contributed by atoms with E-state index >= 15 is 0 Å². The Balaban J connectivity index is 2.56. The van der Waals surface area contributed by atoms with Crippen molar-refractivity contribution in [3.63, 3.8) is 0 Å². The molecule has 7 heteroatoms. The normalized spacial score (nSPS) is 17.5. The fraction of sp³-hybridized carbons (Fsp3) is 0.250. The molecule has 0 bridgehead atoms. The first-order valence-electron chi connectivity index (χ1n) is 6.89. The SMILES string of the molecule is CC(=O)C1=C(C)NC(SCC(N)=O)=C(C#N)[C@@H]1c1ccncc1. The summed E-state index contributed by atoms with van der Waals surface area (Å²) in [4.78, 5) is 27.1. The minimum Gasteiger partial charge on any atom is -0.369 e. The smallest absolute Gasteiger partial charge is 0.227 e. The summed E-state index contributed by atoms with van der Waals surface area (Å²) in [5.74, 6) is -0.999. The van der Waals surface area contributed by atoms with Gasteiger partial charge in [-0.2, -0.15) is 5.26 Å². The number of nitriles is 1. The molecule has 1 aliphatic heterocycles. The molecule has 118 valence electrons. The molecular weight excluding hydrogens is 312 g/mol. The van der Waals surface area contributed by atoms with Crippen molar-refractivity contribution in [2.45, 2.75) is 19.8 Å². The number of hydrogen-bond donors (Lipinski definition) is 2. The van der Waals surface area contributed by atoms with Crippen molar-refractivity contribution < 1.29 is 9.59 Å². The zero-order valence-corrected chi connectivity index (χ0v) is 13.6. The van der Waals surface area contributed by atoms with Crippen molar-refractivity contribution in [1.82, 2.24) is 10.3 Å². The molecule has 2 rings (SSSR count). The molecule has 0 saturated carbocycles. The molecule has 1 atom stereocenters. The third-order valence-electron chi connectivity index (χ3n) is 3.42. The van der Waals surface area contributed by atoms with Crippen molar-refractivity contribution in [3.05, 3.63) is 52.0 Å². The molecule has 0 aromatic carbocycles. The summed E-state index contributed by atoms with van der Waals surface area (Å²) in [6, 6.07) is 5.72. The average molecular weight is 328 g/mol.